The van der Waals surface area contributed by atoms with E-state index < -0.39 is 0 Å². The number of unbranched alkanes of at least 4 members (excludes halogenated alkanes) is 10. The normalized spacial score (nSPS) is 13.4. The summed E-state index contributed by atoms with van der Waals surface area (Å²) in [5.74, 6) is 0. The van der Waals surface area contributed by atoms with Crippen LogP contribution in [0.1, 0.15) is 104 Å². The average Bonchev–Trinajstić information content (AvgIpc) is 2.52. The first-order chi connectivity index (χ1) is 10.8. The zero-order valence-electron chi connectivity index (χ0n) is 15.2. The molecule has 0 radical (unpaired) electrons. The molecule has 0 fully saturated rings. The fourth-order valence-corrected chi connectivity index (χ4v) is 2.63. The van der Waals surface area contributed by atoms with Crippen molar-refractivity contribution >= 4 is 0 Å². The molecular weight excluding hydrogens is 268 g/mol. The number of hydrogen-bond acceptors (Lipinski definition) is 1. The van der Waals surface area contributed by atoms with Crippen LogP contribution in [0.3, 0.4) is 0 Å². The first kappa shape index (κ1) is 21.4. The molecular formula is C21H40O. The van der Waals surface area contributed by atoms with Gasteiger partial charge in [-0.15, -0.1) is 0 Å². The van der Waals surface area contributed by atoms with Crippen molar-refractivity contribution in [1.82, 2.24) is 0 Å². The van der Waals surface area contributed by atoms with Crippen molar-refractivity contribution < 1.29 is 5.11 Å². The van der Waals surface area contributed by atoms with Crippen LogP contribution in [0.5, 0.6) is 0 Å². The molecule has 0 aromatic heterocycles. The van der Waals surface area contributed by atoms with E-state index in [4.69, 9.17) is 0 Å². The van der Waals surface area contributed by atoms with Gasteiger partial charge in [-0.1, -0.05) is 102 Å². The maximum atomic E-state index is 9.92. The van der Waals surface area contributed by atoms with Crippen molar-refractivity contribution in [2.75, 3.05) is 0 Å². The summed E-state index contributed by atoms with van der Waals surface area (Å²) in [6.45, 7) is 4.50. The zero-order chi connectivity index (χ0) is 16.3. The second-order valence-electron chi connectivity index (χ2n) is 6.51. The molecule has 1 N–H and O–H groups in total. The molecule has 0 amide bonds. The van der Waals surface area contributed by atoms with Gasteiger partial charge in [-0.05, 0) is 25.7 Å². The third kappa shape index (κ3) is 17.5. The van der Waals surface area contributed by atoms with Gasteiger partial charge in [0.25, 0.3) is 0 Å². The number of aliphatic hydroxyl groups excluding tert-OH is 1. The minimum absolute atomic E-state index is 0.148. The summed E-state index contributed by atoms with van der Waals surface area (Å²) in [6.07, 6.45) is 25.9. The quantitative estimate of drug-likeness (QED) is 0.241. The Kier molecular flexibility index (Phi) is 18.0. The van der Waals surface area contributed by atoms with E-state index in [9.17, 15) is 5.11 Å². The SMILES string of the molecule is CCCCC/C=C/C=C\CC(O)CCCCCCCCCC. The van der Waals surface area contributed by atoms with Gasteiger partial charge in [0.15, 0.2) is 0 Å². The topological polar surface area (TPSA) is 20.2 Å². The van der Waals surface area contributed by atoms with Gasteiger partial charge in [-0.25, -0.2) is 0 Å². The van der Waals surface area contributed by atoms with Gasteiger partial charge in [-0.3, -0.25) is 0 Å². The molecule has 0 heterocycles. The van der Waals surface area contributed by atoms with Crippen LogP contribution >= 0.6 is 0 Å². The lowest BCUT2D eigenvalue weighted by atomic mass is 10.0. The van der Waals surface area contributed by atoms with Crippen LogP contribution in [0.25, 0.3) is 0 Å². The van der Waals surface area contributed by atoms with Crippen LogP contribution in [-0.2, 0) is 0 Å². The first-order valence-corrected chi connectivity index (χ1v) is 9.81. The Bertz CT molecular complexity index is 255. The molecule has 0 saturated heterocycles. The summed E-state index contributed by atoms with van der Waals surface area (Å²) in [6, 6.07) is 0. The van der Waals surface area contributed by atoms with Gasteiger partial charge in [0.2, 0.25) is 0 Å². The standard InChI is InChI=1S/C21H40O/c1-3-5-7-9-11-13-15-17-19-21(22)20-18-16-14-12-10-8-6-4-2/h11,13,15,17,21-22H,3-10,12,14,16,18-20H2,1-2H3/b13-11+,17-15-. The maximum Gasteiger partial charge on any atom is 0.0574 e. The predicted octanol–water partition coefficient (Wildman–Crippen LogP) is 6.96. The van der Waals surface area contributed by atoms with Crippen LogP contribution in [0.4, 0.5) is 0 Å². The van der Waals surface area contributed by atoms with E-state index in [-0.39, 0.29) is 6.10 Å². The fourth-order valence-electron chi connectivity index (χ4n) is 2.63. The highest BCUT2D eigenvalue weighted by molar-refractivity contribution is 5.02. The lowest BCUT2D eigenvalue weighted by molar-refractivity contribution is 0.163. The largest absolute Gasteiger partial charge is 0.393 e. The second-order valence-corrected chi connectivity index (χ2v) is 6.51. The van der Waals surface area contributed by atoms with E-state index in [0.29, 0.717) is 0 Å². The van der Waals surface area contributed by atoms with E-state index in [1.807, 2.05) is 0 Å². The third-order valence-corrected chi connectivity index (χ3v) is 4.16. The van der Waals surface area contributed by atoms with Crippen molar-refractivity contribution in [2.24, 2.45) is 0 Å². The highest BCUT2D eigenvalue weighted by Crippen LogP contribution is 2.12. The highest BCUT2D eigenvalue weighted by atomic mass is 16.3. The number of allylic oxidation sites excluding steroid dienone is 3. The Morgan fingerprint density at radius 1 is 0.682 bits per heavy atom. The summed E-state index contributed by atoms with van der Waals surface area (Å²) < 4.78 is 0. The van der Waals surface area contributed by atoms with E-state index in [0.717, 1.165) is 12.8 Å². The molecule has 0 saturated carbocycles. The minimum atomic E-state index is -0.148. The second kappa shape index (κ2) is 18.5. The average molecular weight is 309 g/mol. The van der Waals surface area contributed by atoms with Crippen LogP contribution in [0, 0.1) is 0 Å². The first-order valence-electron chi connectivity index (χ1n) is 9.81. The Morgan fingerprint density at radius 2 is 1.23 bits per heavy atom. The van der Waals surface area contributed by atoms with Crippen molar-refractivity contribution in [3.8, 4) is 0 Å². The Labute approximate surface area is 139 Å². The Hall–Kier alpha value is -0.560. The zero-order valence-corrected chi connectivity index (χ0v) is 15.2. The van der Waals surface area contributed by atoms with Crippen LogP contribution in [-0.4, -0.2) is 11.2 Å². The number of rotatable bonds is 16. The molecule has 130 valence electrons. The third-order valence-electron chi connectivity index (χ3n) is 4.16. The predicted molar refractivity (Wildman–Crippen MR) is 100 cm³/mol. The molecule has 0 aromatic rings. The lowest BCUT2D eigenvalue weighted by Gasteiger charge is -2.07. The monoisotopic (exact) mass is 308 g/mol. The van der Waals surface area contributed by atoms with Gasteiger partial charge in [-0.2, -0.15) is 0 Å². The van der Waals surface area contributed by atoms with Gasteiger partial charge in [0, 0.05) is 0 Å². The number of hydrogen-bond donors (Lipinski definition) is 1. The summed E-state index contributed by atoms with van der Waals surface area (Å²) in [7, 11) is 0. The highest BCUT2D eigenvalue weighted by Gasteiger charge is 2.00. The molecule has 0 spiro atoms. The minimum Gasteiger partial charge on any atom is -0.393 e. The molecule has 1 heteroatoms. The van der Waals surface area contributed by atoms with E-state index >= 15 is 0 Å². The fraction of sp³-hybridized carbons (Fsp3) is 0.810. The van der Waals surface area contributed by atoms with E-state index in [1.54, 1.807) is 0 Å². The Morgan fingerprint density at radius 3 is 1.91 bits per heavy atom. The molecule has 0 aliphatic heterocycles. The molecule has 22 heavy (non-hydrogen) atoms. The maximum absolute atomic E-state index is 9.92. The van der Waals surface area contributed by atoms with Crippen molar-refractivity contribution in [2.45, 2.75) is 110 Å². The van der Waals surface area contributed by atoms with Crippen LogP contribution < -0.4 is 0 Å². The lowest BCUT2D eigenvalue weighted by Crippen LogP contribution is -2.04. The van der Waals surface area contributed by atoms with Gasteiger partial charge < -0.3 is 5.11 Å². The van der Waals surface area contributed by atoms with Crippen molar-refractivity contribution in [1.29, 1.82) is 0 Å². The molecule has 0 bridgehead atoms. The summed E-state index contributed by atoms with van der Waals surface area (Å²) in [4.78, 5) is 0. The molecule has 1 atom stereocenters. The summed E-state index contributed by atoms with van der Waals surface area (Å²) >= 11 is 0. The summed E-state index contributed by atoms with van der Waals surface area (Å²) in [5.41, 5.74) is 0. The van der Waals surface area contributed by atoms with Gasteiger partial charge in [0.1, 0.15) is 0 Å². The van der Waals surface area contributed by atoms with Crippen LogP contribution in [0.15, 0.2) is 24.3 Å². The van der Waals surface area contributed by atoms with Gasteiger partial charge in [0.05, 0.1) is 6.10 Å². The molecule has 0 aromatic carbocycles. The molecule has 1 nitrogen and oxygen atoms in total. The van der Waals surface area contributed by atoms with Crippen molar-refractivity contribution in [3.05, 3.63) is 24.3 Å². The Balaban J connectivity index is 3.33. The van der Waals surface area contributed by atoms with E-state index in [2.05, 4.69) is 38.2 Å². The van der Waals surface area contributed by atoms with Crippen LogP contribution in [0.2, 0.25) is 0 Å². The molecule has 0 aliphatic carbocycles. The number of aliphatic hydroxyl groups is 1. The smallest absolute Gasteiger partial charge is 0.0574 e. The molecule has 1 unspecified atom stereocenters. The molecule has 0 rings (SSSR count). The molecule has 0 aliphatic rings. The van der Waals surface area contributed by atoms with E-state index in [1.165, 1.54) is 77.0 Å². The van der Waals surface area contributed by atoms with Gasteiger partial charge >= 0.3 is 0 Å². The van der Waals surface area contributed by atoms with Crippen molar-refractivity contribution in [3.63, 3.8) is 0 Å². The summed E-state index contributed by atoms with van der Waals surface area (Å²) in [5, 5.41) is 9.92.